The number of aromatic amines is 1. The molecule has 228 valence electrons. The minimum absolute atomic E-state index is 0.111. The van der Waals surface area contributed by atoms with E-state index in [1.807, 2.05) is 63.2 Å². The number of anilines is 4. The number of nitrogens with zero attached hydrogens (tertiary/aromatic N) is 7. The van der Waals surface area contributed by atoms with Gasteiger partial charge in [0, 0.05) is 61.8 Å². The summed E-state index contributed by atoms with van der Waals surface area (Å²) >= 11 is 0. The highest BCUT2D eigenvalue weighted by Crippen LogP contribution is 2.33. The number of H-pyrrole nitrogens is 1. The number of rotatable bonds is 10. The Bertz CT molecular complexity index is 1800. The van der Waals surface area contributed by atoms with E-state index in [0.29, 0.717) is 43.5 Å². The molecule has 1 fully saturated rings. The second-order valence-corrected chi connectivity index (χ2v) is 10.8. The number of benzene rings is 1. The molecule has 5 heterocycles. The third-order valence-electron chi connectivity index (χ3n) is 7.50. The van der Waals surface area contributed by atoms with Crippen molar-refractivity contribution in [3.05, 3.63) is 59.9 Å². The fourth-order valence-corrected chi connectivity index (χ4v) is 5.24. The number of amides is 1. The van der Waals surface area contributed by atoms with E-state index in [0.717, 1.165) is 39.6 Å². The largest absolute Gasteiger partial charge is 0.459 e. The first-order chi connectivity index (χ1) is 21.3. The van der Waals surface area contributed by atoms with Gasteiger partial charge >= 0.3 is 6.01 Å². The van der Waals surface area contributed by atoms with Crippen molar-refractivity contribution >= 4 is 40.1 Å². The van der Waals surface area contributed by atoms with Gasteiger partial charge in [-0.05, 0) is 38.8 Å². The molecule has 1 atom stereocenters. The van der Waals surface area contributed by atoms with Gasteiger partial charge in [0.25, 0.3) is 0 Å². The summed E-state index contributed by atoms with van der Waals surface area (Å²) in [6, 6.07) is 7.81. The van der Waals surface area contributed by atoms with Gasteiger partial charge in [0.05, 0.1) is 29.6 Å². The first-order valence-electron chi connectivity index (χ1n) is 14.4. The van der Waals surface area contributed by atoms with Crippen LogP contribution in [0.25, 0.3) is 22.2 Å². The summed E-state index contributed by atoms with van der Waals surface area (Å²) in [5, 5.41) is 14.4. The van der Waals surface area contributed by atoms with E-state index in [9.17, 15) is 9.18 Å². The van der Waals surface area contributed by atoms with Crippen LogP contribution in [0.15, 0.2) is 42.9 Å². The second-order valence-electron chi connectivity index (χ2n) is 10.8. The lowest BCUT2D eigenvalue weighted by Crippen LogP contribution is -2.33. The predicted molar refractivity (Wildman–Crippen MR) is 166 cm³/mol. The standard InChI is InChI=1S/C30H34FN11O2/c1-5-32-28-22(31)14-35-30(39-28)44-19-9-10-42(15-19)16-25(43)36-23-8-6-7-20-21(13-33-27(20)23)26-17(2)12-34-29(38-26)37-24-11-18(3)41(4)40-24/h6-8,11-14,19,33H,5,9-10,15-16H2,1-4H3,(H,36,43)(H,32,35,39)(H,34,37,38,40)/t19-/m0/s1. The maximum Gasteiger partial charge on any atom is 0.318 e. The van der Waals surface area contributed by atoms with Crippen LogP contribution < -0.4 is 20.7 Å². The SMILES string of the molecule is CCNc1nc(O[C@H]2CCN(CC(=O)Nc3cccc4c(-c5nc(Nc6cc(C)n(C)n6)ncc5C)c[nH]c34)C2)ncc1F. The predicted octanol–water partition coefficient (Wildman–Crippen LogP) is 4.17. The Morgan fingerprint density at radius 3 is 2.86 bits per heavy atom. The summed E-state index contributed by atoms with van der Waals surface area (Å²) in [7, 11) is 1.88. The Morgan fingerprint density at radius 2 is 2.07 bits per heavy atom. The Hall–Kier alpha value is -5.11. The molecule has 4 N–H and O–H groups in total. The van der Waals surface area contributed by atoms with Crippen molar-refractivity contribution in [2.24, 2.45) is 7.05 Å². The van der Waals surface area contributed by atoms with Crippen molar-refractivity contribution < 1.29 is 13.9 Å². The van der Waals surface area contributed by atoms with Crippen LogP contribution in [-0.4, -0.2) is 77.8 Å². The molecular weight excluding hydrogens is 565 g/mol. The van der Waals surface area contributed by atoms with Crippen LogP contribution in [-0.2, 0) is 11.8 Å². The number of ether oxygens (including phenoxy) is 1. The van der Waals surface area contributed by atoms with Crippen LogP contribution in [0, 0.1) is 19.7 Å². The maximum absolute atomic E-state index is 13.8. The smallest absolute Gasteiger partial charge is 0.318 e. The molecule has 1 aliphatic heterocycles. The fraction of sp³-hybridized carbons (Fsp3) is 0.333. The van der Waals surface area contributed by atoms with Crippen LogP contribution >= 0.6 is 0 Å². The zero-order valence-corrected chi connectivity index (χ0v) is 25.0. The summed E-state index contributed by atoms with van der Waals surface area (Å²) in [5.74, 6) is 0.552. The molecule has 1 amide bonds. The number of para-hydroxylation sites is 1. The summed E-state index contributed by atoms with van der Waals surface area (Å²) in [6.07, 6.45) is 5.27. The van der Waals surface area contributed by atoms with E-state index in [1.54, 1.807) is 10.9 Å². The molecule has 1 saturated heterocycles. The molecule has 0 unspecified atom stereocenters. The molecule has 6 rings (SSSR count). The minimum atomic E-state index is -0.530. The zero-order chi connectivity index (χ0) is 30.8. The number of hydrogen-bond acceptors (Lipinski definition) is 10. The van der Waals surface area contributed by atoms with Gasteiger partial charge in [-0.3, -0.25) is 14.4 Å². The van der Waals surface area contributed by atoms with Crippen LogP contribution in [0.1, 0.15) is 24.6 Å². The molecule has 0 saturated carbocycles. The van der Waals surface area contributed by atoms with E-state index in [1.165, 1.54) is 0 Å². The molecule has 13 nitrogen and oxygen atoms in total. The van der Waals surface area contributed by atoms with Crippen LogP contribution in [0.5, 0.6) is 6.01 Å². The number of likely N-dealkylation sites (tertiary alicyclic amines) is 1. The van der Waals surface area contributed by atoms with Crippen molar-refractivity contribution in [2.45, 2.75) is 33.3 Å². The number of aromatic nitrogens is 7. The highest BCUT2D eigenvalue weighted by atomic mass is 19.1. The third-order valence-corrected chi connectivity index (χ3v) is 7.50. The number of nitrogens with one attached hydrogen (secondary N) is 4. The topological polar surface area (TPSA) is 151 Å². The average Bonchev–Trinajstić information content (AvgIpc) is 3.71. The Morgan fingerprint density at radius 1 is 1.20 bits per heavy atom. The van der Waals surface area contributed by atoms with Crippen molar-refractivity contribution in [3.63, 3.8) is 0 Å². The molecule has 1 aromatic carbocycles. The third kappa shape index (κ3) is 6.15. The summed E-state index contributed by atoms with van der Waals surface area (Å²) in [4.78, 5) is 35.7. The molecule has 1 aliphatic rings. The molecular formula is C30H34FN11O2. The van der Waals surface area contributed by atoms with Crippen molar-refractivity contribution in [3.8, 4) is 17.3 Å². The lowest BCUT2D eigenvalue weighted by Gasteiger charge is -2.16. The van der Waals surface area contributed by atoms with Crippen molar-refractivity contribution in [1.29, 1.82) is 0 Å². The highest BCUT2D eigenvalue weighted by Gasteiger charge is 2.27. The Balaban J connectivity index is 1.11. The second kappa shape index (κ2) is 12.2. The first-order valence-corrected chi connectivity index (χ1v) is 14.4. The van der Waals surface area contributed by atoms with E-state index in [2.05, 4.69) is 41.0 Å². The monoisotopic (exact) mass is 599 g/mol. The van der Waals surface area contributed by atoms with E-state index in [4.69, 9.17) is 9.72 Å². The molecule has 14 heteroatoms. The van der Waals surface area contributed by atoms with Gasteiger partial charge in [-0.15, -0.1) is 0 Å². The first kappa shape index (κ1) is 29.0. The van der Waals surface area contributed by atoms with E-state index >= 15 is 0 Å². The zero-order valence-electron chi connectivity index (χ0n) is 25.0. The lowest BCUT2D eigenvalue weighted by molar-refractivity contribution is -0.117. The van der Waals surface area contributed by atoms with Crippen LogP contribution in [0.4, 0.5) is 27.7 Å². The summed E-state index contributed by atoms with van der Waals surface area (Å²) in [5.41, 5.74) is 5.08. The number of carbonyl (C=O) groups is 1. The molecule has 0 spiro atoms. The molecule has 0 bridgehead atoms. The van der Waals surface area contributed by atoms with Crippen molar-refractivity contribution in [1.82, 2.24) is 39.6 Å². The van der Waals surface area contributed by atoms with Gasteiger partial charge < -0.3 is 25.7 Å². The Kier molecular flexibility index (Phi) is 8.07. The number of carbonyl (C=O) groups excluding carboxylic acids is 1. The van der Waals surface area contributed by atoms with Gasteiger partial charge in [-0.2, -0.15) is 10.1 Å². The molecule has 0 radical (unpaired) electrons. The van der Waals surface area contributed by atoms with E-state index < -0.39 is 5.82 Å². The summed E-state index contributed by atoms with van der Waals surface area (Å²) in [6.45, 7) is 7.73. The fourth-order valence-electron chi connectivity index (χ4n) is 5.24. The molecule has 4 aromatic heterocycles. The number of fused-ring (bicyclic) bond motifs is 1. The van der Waals surface area contributed by atoms with Crippen LogP contribution in [0.3, 0.4) is 0 Å². The minimum Gasteiger partial charge on any atom is -0.459 e. The Labute approximate surface area is 253 Å². The van der Waals surface area contributed by atoms with E-state index in [-0.39, 0.29) is 30.4 Å². The number of halogens is 1. The van der Waals surface area contributed by atoms with Gasteiger partial charge in [0.2, 0.25) is 11.9 Å². The maximum atomic E-state index is 13.8. The van der Waals surface area contributed by atoms with Crippen LogP contribution in [0.2, 0.25) is 0 Å². The van der Waals surface area contributed by atoms with Gasteiger partial charge in [0.15, 0.2) is 17.5 Å². The number of aryl methyl sites for hydroxylation is 3. The van der Waals surface area contributed by atoms with Gasteiger partial charge in [-0.1, -0.05) is 12.1 Å². The van der Waals surface area contributed by atoms with Gasteiger partial charge in [-0.25, -0.2) is 19.3 Å². The highest BCUT2D eigenvalue weighted by molar-refractivity contribution is 6.06. The van der Waals surface area contributed by atoms with Crippen molar-refractivity contribution in [2.75, 3.05) is 42.1 Å². The lowest BCUT2D eigenvalue weighted by atomic mass is 10.1. The van der Waals surface area contributed by atoms with Gasteiger partial charge in [0.1, 0.15) is 6.10 Å². The average molecular weight is 600 g/mol. The summed E-state index contributed by atoms with van der Waals surface area (Å²) < 4.78 is 21.5. The molecule has 0 aliphatic carbocycles. The quantitative estimate of drug-likeness (QED) is 0.184. The molecule has 44 heavy (non-hydrogen) atoms. The normalized spacial score (nSPS) is 15.1. The molecule has 5 aromatic rings. The number of hydrogen-bond donors (Lipinski definition) is 4.